The van der Waals surface area contributed by atoms with E-state index in [9.17, 15) is 0 Å². The molecule has 0 aliphatic carbocycles. The predicted molar refractivity (Wildman–Crippen MR) is 21.8 cm³/mol. The minimum absolute atomic E-state index is 1.50. The van der Waals surface area contributed by atoms with Gasteiger partial charge in [0, 0.05) is 0 Å². The van der Waals surface area contributed by atoms with Crippen LogP contribution in [0.4, 0.5) is 0 Å². The van der Waals surface area contributed by atoms with Crippen LogP contribution in [-0.2, 0) is 7.54 Å². The molecule has 0 aromatic carbocycles. The third kappa shape index (κ3) is 1340. The summed E-state index contributed by atoms with van der Waals surface area (Å²) >= 11 is -6.62. The summed E-state index contributed by atoms with van der Waals surface area (Å²) in [6.45, 7) is 0. The van der Waals surface area contributed by atoms with Gasteiger partial charge in [0.25, 0.3) is 0 Å². The predicted octanol–water partition coefficient (Wildman–Crippen LogP) is -3.23. The van der Waals surface area contributed by atoms with Crippen molar-refractivity contribution in [3.63, 3.8) is 0 Å². The number of hydrogen-bond acceptors (Lipinski definition) is 2. The molecule has 0 aliphatic heterocycles. The molecule has 0 bridgehead atoms. The average Bonchev–Trinajstić information content (AvgIpc) is 1.27. The molecule has 0 radical (unpaired) electrons. The SMILES string of the molecule is O=[As](O)(O)O.[O]=[Al][OH]. The zero-order valence-electron chi connectivity index (χ0n) is 3.63. The summed E-state index contributed by atoms with van der Waals surface area (Å²) in [7, 11) is 0. The van der Waals surface area contributed by atoms with Gasteiger partial charge in [-0.3, -0.25) is 0 Å². The van der Waals surface area contributed by atoms with E-state index >= 15 is 0 Å². The van der Waals surface area contributed by atoms with Crippen molar-refractivity contribution in [2.75, 3.05) is 0 Å². The van der Waals surface area contributed by atoms with Crippen LogP contribution >= 0.6 is 0 Å². The van der Waals surface area contributed by atoms with E-state index in [0.717, 1.165) is 0 Å². The molecule has 0 aromatic heterocycles. The molecule has 0 spiro atoms. The molecule has 0 amide bonds. The van der Waals surface area contributed by atoms with Gasteiger partial charge in [0.2, 0.25) is 0 Å². The van der Waals surface area contributed by atoms with Crippen LogP contribution in [0.2, 0.25) is 0 Å². The molecular formula is H4AlAsO6. The van der Waals surface area contributed by atoms with E-state index in [4.69, 9.17) is 24.0 Å². The van der Waals surface area contributed by atoms with Crippen molar-refractivity contribution in [2.24, 2.45) is 0 Å². The van der Waals surface area contributed by atoms with E-state index in [1.54, 1.807) is 0 Å². The molecule has 48 valence electrons. The van der Waals surface area contributed by atoms with Crippen LogP contribution in [0, 0.1) is 0 Å². The second-order valence-electron chi connectivity index (χ2n) is 0.619. The molecule has 0 saturated carbocycles. The second-order valence-corrected chi connectivity index (χ2v) is 2.98. The molecule has 8 heavy (non-hydrogen) atoms. The summed E-state index contributed by atoms with van der Waals surface area (Å²) in [5.74, 6) is 0. The molecule has 0 saturated heterocycles. The Labute approximate surface area is 54.4 Å². The summed E-state index contributed by atoms with van der Waals surface area (Å²) in [5, 5.41) is 0. The summed E-state index contributed by atoms with van der Waals surface area (Å²) in [6, 6.07) is 0. The summed E-state index contributed by atoms with van der Waals surface area (Å²) in [6.07, 6.45) is 0. The average molecular weight is 202 g/mol. The van der Waals surface area contributed by atoms with E-state index in [1.165, 1.54) is 0 Å². The molecule has 0 rings (SSSR count). The normalized spacial score (nSPS) is 8.38. The zero-order valence-corrected chi connectivity index (χ0v) is 6.66. The van der Waals surface area contributed by atoms with E-state index in [0.29, 0.717) is 0 Å². The summed E-state index contributed by atoms with van der Waals surface area (Å²) in [5.41, 5.74) is 0. The van der Waals surface area contributed by atoms with Gasteiger partial charge in [0.05, 0.1) is 0 Å². The number of rotatable bonds is 0. The Balaban J connectivity index is 0. The van der Waals surface area contributed by atoms with Crippen LogP contribution in [-0.4, -0.2) is 46.4 Å². The topological polar surface area (TPSA) is 115 Å². The van der Waals surface area contributed by atoms with Crippen molar-refractivity contribution in [1.29, 1.82) is 0 Å². The first-order valence-corrected chi connectivity index (χ1v) is 5.55. The van der Waals surface area contributed by atoms with Gasteiger partial charge in [-0.1, -0.05) is 0 Å². The summed E-state index contributed by atoms with van der Waals surface area (Å²) in [4.78, 5) is 0. The Morgan fingerprint density at radius 2 is 1.25 bits per heavy atom. The van der Waals surface area contributed by atoms with Gasteiger partial charge in [0.15, 0.2) is 0 Å². The standard InChI is InChI=1S/Al.AsH3O4.H2O.O/c;2-1(3,4)5;;/h;(H3,2,3,4,5);1H2;/q+1;;;/p-1. The van der Waals surface area contributed by atoms with Gasteiger partial charge in [-0.15, -0.1) is 0 Å². The Morgan fingerprint density at radius 1 is 1.25 bits per heavy atom. The van der Waals surface area contributed by atoms with Crippen molar-refractivity contribution >= 4 is 30.0 Å². The van der Waals surface area contributed by atoms with Crippen molar-refractivity contribution in [1.82, 2.24) is 0 Å². The zero-order chi connectivity index (χ0) is 7.21. The fourth-order valence-corrected chi connectivity index (χ4v) is 0. The number of hydrogen-bond donors (Lipinski definition) is 4. The van der Waals surface area contributed by atoms with Crippen LogP contribution in [0.1, 0.15) is 0 Å². The molecule has 0 unspecified atom stereocenters. The van der Waals surface area contributed by atoms with Gasteiger partial charge in [-0.2, -0.15) is 0 Å². The van der Waals surface area contributed by atoms with Crippen molar-refractivity contribution in [3.05, 3.63) is 0 Å². The van der Waals surface area contributed by atoms with E-state index in [2.05, 4.69) is 0 Å². The minimum atomic E-state index is -5.12. The molecule has 0 aromatic rings. The molecule has 6 nitrogen and oxygen atoms in total. The Hall–Kier alpha value is 0.371. The first-order chi connectivity index (χ1) is 3.41. The molecule has 4 N–H and O–H groups in total. The second kappa shape index (κ2) is 5.51. The molecule has 0 atom stereocenters. The van der Waals surface area contributed by atoms with Crippen LogP contribution in [0.3, 0.4) is 0 Å². The quantitative estimate of drug-likeness (QED) is 0.307. The van der Waals surface area contributed by atoms with Crippen molar-refractivity contribution in [3.8, 4) is 0 Å². The van der Waals surface area contributed by atoms with Gasteiger partial charge < -0.3 is 0 Å². The van der Waals surface area contributed by atoms with E-state index in [-0.39, 0.29) is 0 Å². The van der Waals surface area contributed by atoms with Gasteiger partial charge in [0.1, 0.15) is 0 Å². The fraction of sp³-hybridized carbons (Fsp3) is 0. The van der Waals surface area contributed by atoms with Gasteiger partial charge in [-0.05, 0) is 0 Å². The van der Waals surface area contributed by atoms with Gasteiger partial charge >= 0.3 is 54.0 Å². The Bertz CT molecular complexity index is 82.4. The Morgan fingerprint density at radius 3 is 1.25 bits per heavy atom. The third-order valence-electron chi connectivity index (χ3n) is 0. The van der Waals surface area contributed by atoms with E-state index < -0.39 is 30.0 Å². The van der Waals surface area contributed by atoms with Crippen molar-refractivity contribution in [2.45, 2.75) is 0 Å². The van der Waals surface area contributed by atoms with E-state index in [1.807, 2.05) is 0 Å². The maximum atomic E-state index is 8.94. The van der Waals surface area contributed by atoms with Crippen LogP contribution in [0.25, 0.3) is 0 Å². The van der Waals surface area contributed by atoms with Crippen LogP contribution in [0.5, 0.6) is 0 Å². The van der Waals surface area contributed by atoms with Crippen molar-refractivity contribution < 1.29 is 24.0 Å². The molecular weight excluding hydrogens is 198 g/mol. The first-order valence-electron chi connectivity index (χ1n) is 1.28. The molecule has 8 heteroatoms. The Kier molecular flexibility index (Phi) is 7.71. The van der Waals surface area contributed by atoms with Gasteiger partial charge in [-0.25, -0.2) is 0 Å². The summed E-state index contributed by atoms with van der Waals surface area (Å²) < 4.78 is 46.4. The van der Waals surface area contributed by atoms with Crippen LogP contribution in [0.15, 0.2) is 0 Å². The van der Waals surface area contributed by atoms with Crippen LogP contribution < -0.4 is 0 Å². The fourth-order valence-electron chi connectivity index (χ4n) is 0. The molecule has 0 heterocycles. The molecule has 0 aliphatic rings. The first kappa shape index (κ1) is 11.2. The maximum absolute atomic E-state index is 8.94. The molecule has 0 fully saturated rings. The third-order valence-corrected chi connectivity index (χ3v) is 0. The monoisotopic (exact) mass is 202 g/mol.